The highest BCUT2D eigenvalue weighted by Crippen LogP contribution is 2.32. The molecule has 0 fully saturated rings. The predicted molar refractivity (Wildman–Crippen MR) is 95.7 cm³/mol. The van der Waals surface area contributed by atoms with Crippen molar-refractivity contribution in [3.8, 4) is 11.5 Å². The van der Waals surface area contributed by atoms with Crippen molar-refractivity contribution in [3.05, 3.63) is 52.8 Å². The molecule has 0 radical (unpaired) electrons. The summed E-state index contributed by atoms with van der Waals surface area (Å²) in [6, 6.07) is 14.2. The molecule has 0 bridgehead atoms. The summed E-state index contributed by atoms with van der Waals surface area (Å²) in [5.74, 6) is 1.60. The van der Waals surface area contributed by atoms with Crippen molar-refractivity contribution in [1.82, 2.24) is 4.57 Å². The van der Waals surface area contributed by atoms with Crippen LogP contribution in [0.1, 0.15) is 12.5 Å². The number of fused-ring (bicyclic) bond motifs is 2. The molecule has 1 aliphatic rings. The van der Waals surface area contributed by atoms with Crippen LogP contribution in [0.5, 0.6) is 11.5 Å². The van der Waals surface area contributed by atoms with Gasteiger partial charge in [-0.05, 0) is 36.8 Å². The zero-order chi connectivity index (χ0) is 16.5. The van der Waals surface area contributed by atoms with Crippen LogP contribution in [0.4, 0.5) is 0 Å². The molecule has 5 nitrogen and oxygen atoms in total. The Morgan fingerprint density at radius 2 is 2.00 bits per heavy atom. The molecule has 0 saturated heterocycles. The zero-order valence-electron chi connectivity index (χ0n) is 13.5. The van der Waals surface area contributed by atoms with E-state index < -0.39 is 0 Å². The van der Waals surface area contributed by atoms with E-state index in [0.717, 1.165) is 34.0 Å². The van der Waals surface area contributed by atoms with Gasteiger partial charge in [-0.1, -0.05) is 29.5 Å². The lowest BCUT2D eigenvalue weighted by atomic mass is 10.1. The molecule has 0 spiro atoms. The molecule has 122 valence electrons. The third kappa shape index (κ3) is 2.80. The van der Waals surface area contributed by atoms with Gasteiger partial charge in [-0.15, -0.1) is 5.10 Å². The fraction of sp³-hybridized carbons (Fsp3) is 0.222. The van der Waals surface area contributed by atoms with E-state index in [1.54, 1.807) is 11.3 Å². The molecular formula is C18H17N3O2S. The Kier molecular flexibility index (Phi) is 3.82. The normalized spacial score (nSPS) is 14.6. The molecule has 24 heavy (non-hydrogen) atoms. The van der Waals surface area contributed by atoms with Gasteiger partial charge in [-0.3, -0.25) is 0 Å². The summed E-state index contributed by atoms with van der Waals surface area (Å²) in [7, 11) is 2.01. The van der Waals surface area contributed by atoms with E-state index in [4.69, 9.17) is 9.47 Å². The molecule has 3 aromatic rings. The molecule has 2 aromatic carbocycles. The van der Waals surface area contributed by atoms with Gasteiger partial charge >= 0.3 is 0 Å². The van der Waals surface area contributed by atoms with Crippen molar-refractivity contribution >= 4 is 27.3 Å². The van der Waals surface area contributed by atoms with Crippen LogP contribution >= 0.6 is 11.3 Å². The average molecular weight is 339 g/mol. The first-order valence-corrected chi connectivity index (χ1v) is 8.52. The smallest absolute Gasteiger partial charge is 0.231 e. The molecule has 0 amide bonds. The average Bonchev–Trinajstić information content (AvgIpc) is 3.17. The Hall–Kier alpha value is -2.60. The Morgan fingerprint density at radius 3 is 2.88 bits per heavy atom. The lowest BCUT2D eigenvalue weighted by Crippen LogP contribution is -2.09. The maximum Gasteiger partial charge on any atom is 0.231 e. The van der Waals surface area contributed by atoms with Crippen molar-refractivity contribution < 1.29 is 9.47 Å². The molecule has 0 N–H and O–H groups in total. The maximum absolute atomic E-state index is 5.41. The predicted octanol–water partition coefficient (Wildman–Crippen LogP) is 3.49. The first-order valence-electron chi connectivity index (χ1n) is 7.71. The summed E-state index contributed by atoms with van der Waals surface area (Å²) < 4.78 is 14.0. The second-order valence-electron chi connectivity index (χ2n) is 5.71. The van der Waals surface area contributed by atoms with Crippen molar-refractivity contribution in [1.29, 1.82) is 0 Å². The highest BCUT2D eigenvalue weighted by molar-refractivity contribution is 7.16. The molecule has 0 unspecified atom stereocenters. The van der Waals surface area contributed by atoms with E-state index in [-0.39, 0.29) is 0 Å². The SMILES string of the molecule is C/C(Cc1ccc2c(c1)OCO2)=N\N=c1/sc2ccccc2n1C. The second kappa shape index (κ2) is 6.13. The van der Waals surface area contributed by atoms with E-state index in [9.17, 15) is 0 Å². The zero-order valence-corrected chi connectivity index (χ0v) is 14.3. The fourth-order valence-corrected chi connectivity index (χ4v) is 3.66. The van der Waals surface area contributed by atoms with E-state index in [0.29, 0.717) is 6.79 Å². The van der Waals surface area contributed by atoms with Gasteiger partial charge in [0.15, 0.2) is 11.5 Å². The van der Waals surface area contributed by atoms with Gasteiger partial charge < -0.3 is 14.0 Å². The van der Waals surface area contributed by atoms with Gasteiger partial charge in [0.05, 0.1) is 10.2 Å². The number of benzene rings is 2. The lowest BCUT2D eigenvalue weighted by Gasteiger charge is -2.01. The highest BCUT2D eigenvalue weighted by atomic mass is 32.1. The third-order valence-corrected chi connectivity index (χ3v) is 5.02. The molecule has 0 atom stereocenters. The minimum atomic E-state index is 0.295. The maximum atomic E-state index is 5.41. The van der Waals surface area contributed by atoms with Crippen LogP contribution in [0.25, 0.3) is 10.2 Å². The molecule has 6 heteroatoms. The van der Waals surface area contributed by atoms with Gasteiger partial charge in [0, 0.05) is 19.2 Å². The number of aryl methyl sites for hydroxylation is 1. The topological polar surface area (TPSA) is 48.1 Å². The minimum absolute atomic E-state index is 0.295. The summed E-state index contributed by atoms with van der Waals surface area (Å²) >= 11 is 1.64. The van der Waals surface area contributed by atoms with Gasteiger partial charge in [-0.2, -0.15) is 5.10 Å². The van der Waals surface area contributed by atoms with Gasteiger partial charge in [0.1, 0.15) is 0 Å². The van der Waals surface area contributed by atoms with Gasteiger partial charge in [-0.25, -0.2) is 0 Å². The van der Waals surface area contributed by atoms with Crippen LogP contribution in [0.15, 0.2) is 52.7 Å². The lowest BCUT2D eigenvalue weighted by molar-refractivity contribution is 0.174. The van der Waals surface area contributed by atoms with E-state index in [2.05, 4.69) is 26.9 Å². The number of thiazole rings is 1. The summed E-state index contributed by atoms with van der Waals surface area (Å²) in [4.78, 5) is 0.890. The Labute approximate surface area is 143 Å². The van der Waals surface area contributed by atoms with Crippen molar-refractivity contribution in [2.45, 2.75) is 13.3 Å². The summed E-state index contributed by atoms with van der Waals surface area (Å²) in [5, 5.41) is 8.82. The van der Waals surface area contributed by atoms with Crippen LogP contribution in [-0.2, 0) is 13.5 Å². The highest BCUT2D eigenvalue weighted by Gasteiger charge is 2.13. The second-order valence-corrected chi connectivity index (χ2v) is 6.72. The molecule has 0 aliphatic carbocycles. The molecule has 0 saturated carbocycles. The monoisotopic (exact) mass is 339 g/mol. The quantitative estimate of drug-likeness (QED) is 0.542. The largest absolute Gasteiger partial charge is 0.454 e. The number of ether oxygens (including phenoxy) is 2. The number of rotatable bonds is 3. The van der Waals surface area contributed by atoms with Crippen molar-refractivity contribution in [2.75, 3.05) is 6.79 Å². The molecule has 4 rings (SSSR count). The Morgan fingerprint density at radius 1 is 1.17 bits per heavy atom. The van der Waals surface area contributed by atoms with Gasteiger partial charge in [0.25, 0.3) is 0 Å². The Bertz CT molecular complexity index is 1000. The molecule has 1 aromatic heterocycles. The molecular weight excluding hydrogens is 322 g/mol. The van der Waals surface area contributed by atoms with Crippen LogP contribution in [0.2, 0.25) is 0 Å². The van der Waals surface area contributed by atoms with E-state index in [1.165, 1.54) is 10.2 Å². The summed E-state index contributed by atoms with van der Waals surface area (Å²) in [6.45, 7) is 2.28. The molecule has 2 heterocycles. The van der Waals surface area contributed by atoms with Crippen LogP contribution < -0.4 is 14.3 Å². The van der Waals surface area contributed by atoms with E-state index >= 15 is 0 Å². The summed E-state index contributed by atoms with van der Waals surface area (Å²) in [5.41, 5.74) is 3.26. The van der Waals surface area contributed by atoms with Crippen LogP contribution in [0.3, 0.4) is 0 Å². The van der Waals surface area contributed by atoms with E-state index in [1.807, 2.05) is 44.3 Å². The van der Waals surface area contributed by atoms with Crippen LogP contribution in [0, 0.1) is 0 Å². The number of nitrogens with zero attached hydrogens (tertiary/aromatic N) is 3. The van der Waals surface area contributed by atoms with Crippen molar-refractivity contribution in [2.24, 2.45) is 17.3 Å². The first-order chi connectivity index (χ1) is 11.7. The third-order valence-electron chi connectivity index (χ3n) is 3.92. The number of hydrogen-bond donors (Lipinski definition) is 0. The first kappa shape index (κ1) is 15.0. The standard InChI is InChI=1S/C18H17N3O2S/c1-12(9-13-7-8-15-16(10-13)23-11-22-15)19-20-18-21(2)14-5-3-4-6-17(14)24-18/h3-8,10H,9,11H2,1-2H3/b19-12+,20-18-. The summed E-state index contributed by atoms with van der Waals surface area (Å²) in [6.07, 6.45) is 0.731. The number of aromatic nitrogens is 1. The van der Waals surface area contributed by atoms with Crippen LogP contribution in [-0.4, -0.2) is 17.1 Å². The number of para-hydroxylation sites is 1. The van der Waals surface area contributed by atoms with Crippen molar-refractivity contribution in [3.63, 3.8) is 0 Å². The fourth-order valence-electron chi connectivity index (χ4n) is 2.69. The number of hydrogen-bond acceptors (Lipinski definition) is 5. The molecule has 1 aliphatic heterocycles. The Balaban J connectivity index is 1.59. The minimum Gasteiger partial charge on any atom is -0.454 e. The van der Waals surface area contributed by atoms with Gasteiger partial charge in [0.2, 0.25) is 11.6 Å².